The first-order valence-corrected chi connectivity index (χ1v) is 12.6. The zero-order chi connectivity index (χ0) is 23.9. The molecule has 8 heteroatoms. The van der Waals surface area contributed by atoms with Crippen molar-refractivity contribution < 1.29 is 4.79 Å². The third-order valence-corrected chi connectivity index (χ3v) is 8.04. The molecule has 0 aliphatic carbocycles. The number of carbonyl (C=O) groups excluding carboxylic acids is 1. The number of thiophene rings is 1. The van der Waals surface area contributed by atoms with Gasteiger partial charge < -0.3 is 4.57 Å². The molecule has 170 valence electrons. The summed E-state index contributed by atoms with van der Waals surface area (Å²) in [4.78, 5) is 32.8. The molecule has 33 heavy (non-hydrogen) atoms. The van der Waals surface area contributed by atoms with Crippen LogP contribution in [-0.4, -0.2) is 25.7 Å². The Bertz CT molecular complexity index is 1450. The van der Waals surface area contributed by atoms with E-state index < -0.39 is 0 Å². The normalized spacial score (nSPS) is 11.3. The number of hydrogen-bond acceptors (Lipinski definition) is 5. The number of benzene rings is 1. The SMILES string of the molecule is C=CCn1c(SCC(=O)c2cc(C)n(-c3ccc(Cl)cc3)c2C)nc2sc(C)c(C)c2c1=O. The Morgan fingerprint density at radius 2 is 1.91 bits per heavy atom. The van der Waals surface area contributed by atoms with E-state index in [1.54, 1.807) is 10.6 Å². The van der Waals surface area contributed by atoms with Crippen molar-refractivity contribution in [2.75, 3.05) is 5.75 Å². The predicted octanol–water partition coefficient (Wildman–Crippen LogP) is 6.30. The number of rotatable bonds is 7. The van der Waals surface area contributed by atoms with Gasteiger partial charge in [-0.15, -0.1) is 17.9 Å². The Kier molecular flexibility index (Phi) is 6.66. The lowest BCUT2D eigenvalue weighted by Gasteiger charge is -2.11. The molecule has 0 fully saturated rings. The zero-order valence-corrected chi connectivity index (χ0v) is 21.3. The van der Waals surface area contributed by atoms with Crippen molar-refractivity contribution in [2.24, 2.45) is 0 Å². The number of carbonyl (C=O) groups is 1. The van der Waals surface area contributed by atoms with Crippen molar-refractivity contribution in [1.82, 2.24) is 14.1 Å². The Morgan fingerprint density at radius 3 is 2.58 bits per heavy atom. The first-order valence-electron chi connectivity index (χ1n) is 10.4. The summed E-state index contributed by atoms with van der Waals surface area (Å²) in [5.41, 5.74) is 4.34. The molecule has 0 saturated carbocycles. The second kappa shape index (κ2) is 9.33. The Hall–Kier alpha value is -2.61. The highest BCUT2D eigenvalue weighted by molar-refractivity contribution is 7.99. The van der Waals surface area contributed by atoms with Crippen LogP contribution >= 0.6 is 34.7 Å². The largest absolute Gasteiger partial charge is 0.318 e. The van der Waals surface area contributed by atoms with Gasteiger partial charge in [-0.1, -0.05) is 29.4 Å². The number of ketones is 1. The number of fused-ring (bicyclic) bond motifs is 1. The molecule has 0 aliphatic heterocycles. The summed E-state index contributed by atoms with van der Waals surface area (Å²) in [7, 11) is 0. The second-order valence-corrected chi connectivity index (χ2v) is 10.5. The summed E-state index contributed by atoms with van der Waals surface area (Å²) >= 11 is 8.82. The molecule has 0 bridgehead atoms. The predicted molar refractivity (Wildman–Crippen MR) is 139 cm³/mol. The van der Waals surface area contributed by atoms with E-state index in [-0.39, 0.29) is 17.1 Å². The molecule has 0 amide bonds. The van der Waals surface area contributed by atoms with Crippen LogP contribution in [0.15, 0.2) is 52.9 Å². The number of aromatic nitrogens is 3. The maximum atomic E-state index is 13.2. The van der Waals surface area contributed by atoms with E-state index in [1.165, 1.54) is 23.1 Å². The first-order chi connectivity index (χ1) is 15.7. The van der Waals surface area contributed by atoms with Crippen LogP contribution in [-0.2, 0) is 6.54 Å². The van der Waals surface area contributed by atoms with Crippen LogP contribution < -0.4 is 5.56 Å². The van der Waals surface area contributed by atoms with E-state index in [0.29, 0.717) is 32.5 Å². The molecular weight excluding hydrogens is 474 g/mol. The van der Waals surface area contributed by atoms with Crippen LogP contribution in [0.5, 0.6) is 0 Å². The first kappa shape index (κ1) is 23.5. The van der Waals surface area contributed by atoms with Gasteiger partial charge in [-0.3, -0.25) is 14.2 Å². The van der Waals surface area contributed by atoms with E-state index >= 15 is 0 Å². The standard InChI is InChI=1S/C25H24ClN3O2S2/c1-6-11-28-24(31)22-15(3)17(5)33-23(22)27-25(28)32-13-21(30)20-12-14(2)29(16(20)4)19-9-7-18(26)8-10-19/h6-10,12H,1,11,13H2,2-5H3. The third-order valence-electron chi connectivity index (χ3n) is 5.71. The summed E-state index contributed by atoms with van der Waals surface area (Å²) in [6.45, 7) is 12.0. The highest BCUT2D eigenvalue weighted by atomic mass is 35.5. The van der Waals surface area contributed by atoms with Gasteiger partial charge in [-0.2, -0.15) is 0 Å². The summed E-state index contributed by atoms with van der Waals surface area (Å²) in [5.74, 6) is 0.176. The average Bonchev–Trinajstić information content (AvgIpc) is 3.24. The molecule has 5 nitrogen and oxygen atoms in total. The molecule has 4 rings (SSSR count). The lowest BCUT2D eigenvalue weighted by atomic mass is 10.2. The Labute approximate surface area is 205 Å². The van der Waals surface area contributed by atoms with Crippen LogP contribution in [0.3, 0.4) is 0 Å². The van der Waals surface area contributed by atoms with Crippen molar-refractivity contribution in [3.8, 4) is 5.69 Å². The number of nitrogens with zero attached hydrogens (tertiary/aromatic N) is 3. The summed E-state index contributed by atoms with van der Waals surface area (Å²) in [6.07, 6.45) is 1.68. The number of Topliss-reactive ketones (excluding diaryl/α,β-unsaturated/α-hetero) is 1. The number of hydrogen-bond donors (Lipinski definition) is 0. The van der Waals surface area contributed by atoms with Crippen molar-refractivity contribution >= 4 is 50.7 Å². The van der Waals surface area contributed by atoms with E-state index in [1.807, 2.05) is 62.6 Å². The summed E-state index contributed by atoms with van der Waals surface area (Å²) in [6, 6.07) is 9.45. The van der Waals surface area contributed by atoms with Gasteiger partial charge in [0.1, 0.15) is 4.83 Å². The molecule has 4 aromatic rings. The molecule has 0 N–H and O–H groups in total. The summed E-state index contributed by atoms with van der Waals surface area (Å²) in [5, 5.41) is 1.86. The van der Waals surface area contributed by atoms with Gasteiger partial charge in [0.05, 0.1) is 11.1 Å². The molecule has 0 unspecified atom stereocenters. The van der Waals surface area contributed by atoms with E-state index in [2.05, 4.69) is 6.58 Å². The van der Waals surface area contributed by atoms with Gasteiger partial charge >= 0.3 is 0 Å². The minimum absolute atomic E-state index is 0.00801. The molecule has 1 aromatic carbocycles. The van der Waals surface area contributed by atoms with Crippen molar-refractivity contribution in [1.29, 1.82) is 0 Å². The zero-order valence-electron chi connectivity index (χ0n) is 18.9. The Balaban J connectivity index is 1.65. The van der Waals surface area contributed by atoms with E-state index in [0.717, 1.165) is 27.5 Å². The average molecular weight is 498 g/mol. The molecular formula is C25H24ClN3O2S2. The minimum atomic E-state index is -0.0855. The molecule has 0 spiro atoms. The van der Waals surface area contributed by atoms with Crippen LogP contribution in [0.2, 0.25) is 5.02 Å². The minimum Gasteiger partial charge on any atom is -0.318 e. The molecule has 0 radical (unpaired) electrons. The van der Waals surface area contributed by atoms with E-state index in [4.69, 9.17) is 16.6 Å². The number of thioether (sulfide) groups is 1. The van der Waals surface area contributed by atoms with Crippen molar-refractivity contribution in [2.45, 2.75) is 39.4 Å². The van der Waals surface area contributed by atoms with Crippen LogP contribution in [0.1, 0.15) is 32.2 Å². The lowest BCUT2D eigenvalue weighted by molar-refractivity contribution is 0.102. The highest BCUT2D eigenvalue weighted by Gasteiger charge is 2.20. The number of allylic oxidation sites excluding steroid dienone is 1. The molecule has 3 aromatic heterocycles. The number of halogens is 1. The van der Waals surface area contributed by atoms with Gasteiger partial charge in [-0.25, -0.2) is 4.98 Å². The van der Waals surface area contributed by atoms with Crippen LogP contribution in [0.4, 0.5) is 0 Å². The smallest absolute Gasteiger partial charge is 0.263 e. The molecule has 0 aliphatic rings. The number of aryl methyl sites for hydroxylation is 3. The van der Waals surface area contributed by atoms with Crippen LogP contribution in [0.25, 0.3) is 15.9 Å². The fourth-order valence-electron chi connectivity index (χ4n) is 3.95. The topological polar surface area (TPSA) is 56.9 Å². The molecule has 3 heterocycles. The fourth-order valence-corrected chi connectivity index (χ4v) is 6.04. The quantitative estimate of drug-likeness (QED) is 0.130. The van der Waals surface area contributed by atoms with Gasteiger partial charge in [0.25, 0.3) is 5.56 Å². The fraction of sp³-hybridized carbons (Fsp3) is 0.240. The third kappa shape index (κ3) is 4.33. The van der Waals surface area contributed by atoms with Gasteiger partial charge in [-0.05, 0) is 63.6 Å². The van der Waals surface area contributed by atoms with Gasteiger partial charge in [0.2, 0.25) is 0 Å². The molecule has 0 saturated heterocycles. The molecule has 0 atom stereocenters. The van der Waals surface area contributed by atoms with Gasteiger partial charge in [0.15, 0.2) is 10.9 Å². The maximum Gasteiger partial charge on any atom is 0.263 e. The van der Waals surface area contributed by atoms with Crippen molar-refractivity contribution in [3.05, 3.63) is 85.8 Å². The second-order valence-electron chi connectivity index (χ2n) is 7.87. The maximum absolute atomic E-state index is 13.2. The van der Waals surface area contributed by atoms with Gasteiger partial charge in [0, 0.05) is 39.1 Å². The highest BCUT2D eigenvalue weighted by Crippen LogP contribution is 2.29. The monoisotopic (exact) mass is 497 g/mol. The van der Waals surface area contributed by atoms with Crippen LogP contribution in [0, 0.1) is 27.7 Å². The Morgan fingerprint density at radius 1 is 1.21 bits per heavy atom. The van der Waals surface area contributed by atoms with Crippen molar-refractivity contribution in [3.63, 3.8) is 0 Å². The lowest BCUT2D eigenvalue weighted by Crippen LogP contribution is -2.23. The van der Waals surface area contributed by atoms with E-state index in [9.17, 15) is 9.59 Å². The summed E-state index contributed by atoms with van der Waals surface area (Å²) < 4.78 is 3.65.